The van der Waals surface area contributed by atoms with Crippen LogP contribution in [0.4, 0.5) is 4.79 Å². The molecule has 3 aliphatic rings. The second-order valence-corrected chi connectivity index (χ2v) is 17.3. The van der Waals surface area contributed by atoms with Crippen molar-refractivity contribution in [1.29, 1.82) is 0 Å². The van der Waals surface area contributed by atoms with E-state index >= 15 is 0 Å². The van der Waals surface area contributed by atoms with Gasteiger partial charge in [-0.15, -0.1) is 0 Å². The molecule has 1 amide bonds. The van der Waals surface area contributed by atoms with Gasteiger partial charge in [0.15, 0.2) is 17.5 Å². The molecule has 1 saturated heterocycles. The minimum atomic E-state index is -2.37. The van der Waals surface area contributed by atoms with Crippen molar-refractivity contribution in [2.45, 2.75) is 122 Å². The molecule has 2 aliphatic carbocycles. The van der Waals surface area contributed by atoms with Gasteiger partial charge in [-0.2, -0.15) is 0 Å². The zero-order valence-corrected chi connectivity index (χ0v) is 34.3. The second kappa shape index (κ2) is 16.2. The van der Waals surface area contributed by atoms with Gasteiger partial charge in [-0.1, -0.05) is 62.4 Å². The van der Waals surface area contributed by atoms with E-state index in [4.69, 9.17) is 23.7 Å². The van der Waals surface area contributed by atoms with Gasteiger partial charge in [-0.25, -0.2) is 14.4 Å². The Morgan fingerprint density at radius 2 is 1.50 bits per heavy atom. The summed E-state index contributed by atoms with van der Waals surface area (Å²) in [5, 5.41) is 51.3. The monoisotopic (exact) mass is 809 g/mol. The van der Waals surface area contributed by atoms with E-state index in [0.29, 0.717) is 5.56 Å². The van der Waals surface area contributed by atoms with E-state index in [9.17, 15) is 44.4 Å². The molecule has 0 radical (unpaired) electrons. The number of rotatable bonds is 10. The van der Waals surface area contributed by atoms with Crippen LogP contribution in [0.25, 0.3) is 0 Å². The molecule has 2 aromatic carbocycles. The van der Waals surface area contributed by atoms with E-state index in [-0.39, 0.29) is 29.9 Å². The van der Waals surface area contributed by atoms with Gasteiger partial charge in [0, 0.05) is 18.8 Å². The third kappa shape index (κ3) is 8.02. The maximum absolute atomic E-state index is 14.9. The molecular formula is C43H55NO14. The highest BCUT2D eigenvalue weighted by atomic mass is 16.6. The smallest absolute Gasteiger partial charge is 0.408 e. The summed E-state index contributed by atoms with van der Waals surface area (Å²) in [6.07, 6.45) is -10.5. The lowest BCUT2D eigenvalue weighted by molar-refractivity contribution is -0.293. The minimum absolute atomic E-state index is 0.0690. The number of fused-ring (bicyclic) bond motifs is 2. The van der Waals surface area contributed by atoms with Gasteiger partial charge >= 0.3 is 24.0 Å². The Labute approximate surface area is 337 Å². The Hall–Kier alpha value is -4.67. The molecule has 15 nitrogen and oxygen atoms in total. The number of nitrogens with one attached hydrogen (secondary N) is 1. The predicted octanol–water partition coefficient (Wildman–Crippen LogP) is 3.51. The summed E-state index contributed by atoms with van der Waals surface area (Å²) in [4.78, 5) is 68.8. The van der Waals surface area contributed by atoms with Crippen molar-refractivity contribution in [2.24, 2.45) is 16.7 Å². The maximum Gasteiger partial charge on any atom is 0.408 e. The average molecular weight is 810 g/mol. The van der Waals surface area contributed by atoms with Gasteiger partial charge in [0.05, 0.1) is 42.3 Å². The molecule has 316 valence electrons. The first kappa shape index (κ1) is 44.4. The number of aliphatic hydroxyl groups is 4. The third-order valence-electron chi connectivity index (χ3n) is 12.0. The number of hydrogen-bond acceptors (Lipinski definition) is 14. The fraction of sp³-hybridized carbons (Fsp3) is 0.558. The molecule has 0 spiro atoms. The SMILES string of the molecule is CC(=O)OC1([C@H]2[C@H](OC(=O)c3ccccc3)[C@]3(O)C[C@H](OC(=O)[C@H](O)[C@@H](NC(=O)OC(C)(C)C)c4ccccc4)C(C)=C([C@@H](O)C(=O)[C@]2(C)[C@H](C)O)C3(C)C)COC1. The number of Topliss-reactive ketones (excluding diaryl/α,β-unsaturated/α-hetero) is 1. The Balaban J connectivity index is 1.68. The Morgan fingerprint density at radius 3 is 2.00 bits per heavy atom. The first-order valence-electron chi connectivity index (χ1n) is 19.2. The highest BCUT2D eigenvalue weighted by molar-refractivity contribution is 5.94. The standard InChI is InChI=1S/C43H55NO14/c1-23-28(55-37(51)32(48)30(26-16-12-10-13-17-26)44-38(52)58-39(4,5)6)20-43(53)35(56-36(50)27-18-14-11-15-19-27)33(42(21-54-22-42)57-25(3)46)41(9,24(2)45)34(49)31(47)29(23)40(43,7)8/h10-19,24,28,30-33,35,45,47-48,53H,20-22H2,1-9H3,(H,44,52)/t24-,28-,30-,31+,32+,33-,35-,41+,43+/m0/s1. The molecule has 9 atom stereocenters. The van der Waals surface area contributed by atoms with E-state index in [1.54, 1.807) is 69.3 Å². The van der Waals surface area contributed by atoms with E-state index in [2.05, 4.69) is 5.32 Å². The number of ether oxygens (including phenoxy) is 5. The van der Waals surface area contributed by atoms with Gasteiger partial charge in [0.2, 0.25) is 0 Å². The number of carbonyl (C=O) groups excluding carboxylic acids is 5. The van der Waals surface area contributed by atoms with Gasteiger partial charge in [-0.05, 0) is 70.4 Å². The van der Waals surface area contributed by atoms with Crippen LogP contribution in [0.1, 0.15) is 90.7 Å². The molecule has 0 unspecified atom stereocenters. The summed E-state index contributed by atoms with van der Waals surface area (Å²) in [7, 11) is 0. The number of ketones is 1. The van der Waals surface area contributed by atoms with Crippen LogP contribution in [-0.2, 0) is 38.1 Å². The van der Waals surface area contributed by atoms with E-state index in [0.717, 1.165) is 6.92 Å². The number of benzene rings is 2. The number of aliphatic hydroxyl groups excluding tert-OH is 3. The summed E-state index contributed by atoms with van der Waals surface area (Å²) in [6.45, 7) is 12.6. The molecule has 5 rings (SSSR count). The lowest BCUT2D eigenvalue weighted by Gasteiger charge is -2.63. The van der Waals surface area contributed by atoms with Crippen molar-refractivity contribution < 1.29 is 68.1 Å². The van der Waals surface area contributed by atoms with E-state index in [1.165, 1.54) is 46.8 Å². The zero-order valence-electron chi connectivity index (χ0n) is 34.3. The summed E-state index contributed by atoms with van der Waals surface area (Å²) >= 11 is 0. The van der Waals surface area contributed by atoms with Crippen LogP contribution < -0.4 is 5.32 Å². The van der Waals surface area contributed by atoms with E-state index in [1.807, 2.05) is 0 Å². The van der Waals surface area contributed by atoms with Crippen molar-refractivity contribution in [2.75, 3.05) is 13.2 Å². The van der Waals surface area contributed by atoms with Gasteiger partial charge in [0.25, 0.3) is 0 Å². The van der Waals surface area contributed by atoms with Crippen LogP contribution in [-0.4, -0.2) is 111 Å². The summed E-state index contributed by atoms with van der Waals surface area (Å²) in [6, 6.07) is 14.6. The summed E-state index contributed by atoms with van der Waals surface area (Å²) < 4.78 is 29.1. The van der Waals surface area contributed by atoms with Crippen LogP contribution in [0.5, 0.6) is 0 Å². The highest BCUT2D eigenvalue weighted by Gasteiger charge is 2.73. The zero-order chi connectivity index (χ0) is 43.2. The molecule has 2 bridgehead atoms. The van der Waals surface area contributed by atoms with Crippen LogP contribution in [0, 0.1) is 16.7 Å². The van der Waals surface area contributed by atoms with Crippen molar-refractivity contribution in [3.8, 4) is 0 Å². The van der Waals surface area contributed by atoms with Crippen molar-refractivity contribution >= 4 is 29.8 Å². The predicted molar refractivity (Wildman–Crippen MR) is 206 cm³/mol. The summed E-state index contributed by atoms with van der Waals surface area (Å²) in [5.74, 6) is -5.50. The fourth-order valence-corrected chi connectivity index (χ4v) is 8.81. The lowest BCUT2D eigenvalue weighted by atomic mass is 9.47. The van der Waals surface area contributed by atoms with Crippen molar-refractivity contribution in [3.63, 3.8) is 0 Å². The number of carbonyl (C=O) groups is 5. The van der Waals surface area contributed by atoms with Crippen LogP contribution in [0.2, 0.25) is 0 Å². The first-order valence-corrected chi connectivity index (χ1v) is 19.2. The molecule has 5 N–H and O–H groups in total. The largest absolute Gasteiger partial charge is 0.456 e. The Morgan fingerprint density at radius 1 is 0.931 bits per heavy atom. The Bertz CT molecular complexity index is 1920. The summed E-state index contributed by atoms with van der Waals surface area (Å²) in [5.41, 5.74) is -8.33. The van der Waals surface area contributed by atoms with Gasteiger partial charge < -0.3 is 49.4 Å². The van der Waals surface area contributed by atoms with Crippen molar-refractivity contribution in [3.05, 3.63) is 82.9 Å². The third-order valence-corrected chi connectivity index (χ3v) is 12.0. The van der Waals surface area contributed by atoms with Gasteiger partial charge in [0.1, 0.15) is 29.5 Å². The molecular weight excluding hydrogens is 754 g/mol. The molecule has 2 aromatic rings. The topological polar surface area (TPSA) is 224 Å². The van der Waals surface area contributed by atoms with Crippen LogP contribution in [0.3, 0.4) is 0 Å². The number of hydrogen-bond donors (Lipinski definition) is 5. The van der Waals surface area contributed by atoms with Crippen LogP contribution in [0.15, 0.2) is 71.8 Å². The second-order valence-electron chi connectivity index (χ2n) is 17.3. The first-order chi connectivity index (χ1) is 26.9. The molecule has 1 saturated carbocycles. The Kier molecular flexibility index (Phi) is 12.4. The average Bonchev–Trinajstić information content (AvgIpc) is 3.13. The van der Waals surface area contributed by atoms with Crippen molar-refractivity contribution in [1.82, 2.24) is 5.32 Å². The number of esters is 3. The maximum atomic E-state index is 14.9. The number of alkyl carbamates (subject to hydrolysis) is 1. The molecule has 1 aliphatic heterocycles. The number of amides is 1. The van der Waals surface area contributed by atoms with E-state index < -0.39 is 106 Å². The quantitative estimate of drug-likeness (QED) is 0.132. The molecule has 1 heterocycles. The van der Waals surface area contributed by atoms with Gasteiger partial charge in [-0.3, -0.25) is 9.59 Å². The normalized spacial score (nSPS) is 29.3. The van der Waals surface area contributed by atoms with Crippen LogP contribution >= 0.6 is 0 Å². The fourth-order valence-electron chi connectivity index (χ4n) is 8.81. The minimum Gasteiger partial charge on any atom is -0.456 e. The highest BCUT2D eigenvalue weighted by Crippen LogP contribution is 2.60. The lowest BCUT2D eigenvalue weighted by Crippen LogP contribution is -2.76. The molecule has 0 aromatic heterocycles. The molecule has 58 heavy (non-hydrogen) atoms. The molecule has 15 heteroatoms. The molecule has 2 fully saturated rings.